The number of piperazine rings is 1. The lowest BCUT2D eigenvalue weighted by Gasteiger charge is -2.67. The monoisotopic (exact) mass is 262 g/mol. The lowest BCUT2D eigenvalue weighted by Crippen LogP contribution is -2.74. The Morgan fingerprint density at radius 2 is 1.74 bits per heavy atom. The van der Waals surface area contributed by atoms with E-state index in [1.807, 2.05) is 0 Å². The minimum Gasteiger partial charge on any atom is -0.314 e. The third kappa shape index (κ3) is 1.68. The fourth-order valence-corrected chi connectivity index (χ4v) is 6.41. The van der Waals surface area contributed by atoms with Crippen molar-refractivity contribution in [2.45, 2.75) is 64.0 Å². The third-order valence-electron chi connectivity index (χ3n) is 7.15. The Morgan fingerprint density at radius 3 is 2.32 bits per heavy atom. The van der Waals surface area contributed by atoms with Gasteiger partial charge in [-0.15, -0.1) is 0 Å². The molecule has 4 saturated carbocycles. The van der Waals surface area contributed by atoms with Gasteiger partial charge in [0, 0.05) is 31.2 Å². The Hall–Kier alpha value is -0.0800. The molecule has 1 saturated heterocycles. The zero-order chi connectivity index (χ0) is 13.0. The molecule has 1 spiro atoms. The molecule has 0 aromatic carbocycles. The van der Waals surface area contributed by atoms with E-state index >= 15 is 0 Å². The average Bonchev–Trinajstić information content (AvgIpc) is 2.43. The number of nitrogens with zero attached hydrogens (tertiary/aromatic N) is 1. The Balaban J connectivity index is 1.70. The van der Waals surface area contributed by atoms with Crippen LogP contribution < -0.4 is 5.32 Å². The summed E-state index contributed by atoms with van der Waals surface area (Å²) in [6.07, 6.45) is 9.06. The maximum absolute atomic E-state index is 3.77. The van der Waals surface area contributed by atoms with Gasteiger partial charge >= 0.3 is 0 Å². The summed E-state index contributed by atoms with van der Waals surface area (Å²) >= 11 is 0. The van der Waals surface area contributed by atoms with Crippen LogP contribution in [0.4, 0.5) is 0 Å². The molecule has 0 aromatic rings. The second-order valence-corrected chi connectivity index (χ2v) is 7.92. The Kier molecular flexibility index (Phi) is 2.97. The molecule has 1 heterocycles. The second-order valence-electron chi connectivity index (χ2n) is 7.92. The van der Waals surface area contributed by atoms with Crippen molar-refractivity contribution in [3.63, 3.8) is 0 Å². The van der Waals surface area contributed by atoms with Gasteiger partial charge in [-0.05, 0) is 69.1 Å². The first-order valence-electron chi connectivity index (χ1n) is 8.71. The smallest absolute Gasteiger partial charge is 0.0393 e. The molecule has 2 heteroatoms. The summed E-state index contributed by atoms with van der Waals surface area (Å²) < 4.78 is 0. The van der Waals surface area contributed by atoms with Crippen molar-refractivity contribution >= 4 is 0 Å². The van der Waals surface area contributed by atoms with Gasteiger partial charge in [0.1, 0.15) is 0 Å². The van der Waals surface area contributed by atoms with Crippen LogP contribution in [0.3, 0.4) is 0 Å². The maximum Gasteiger partial charge on any atom is 0.0393 e. The van der Waals surface area contributed by atoms with Crippen molar-refractivity contribution in [3.05, 3.63) is 0 Å². The molecule has 0 amide bonds. The number of nitrogens with one attached hydrogen (secondary N) is 1. The quantitative estimate of drug-likeness (QED) is 0.823. The van der Waals surface area contributed by atoms with E-state index in [4.69, 9.17) is 0 Å². The lowest BCUT2D eigenvalue weighted by atomic mass is 9.47. The van der Waals surface area contributed by atoms with E-state index in [1.54, 1.807) is 32.1 Å². The van der Waals surface area contributed by atoms with Gasteiger partial charge < -0.3 is 5.32 Å². The van der Waals surface area contributed by atoms with Crippen LogP contribution in [0.25, 0.3) is 0 Å². The van der Waals surface area contributed by atoms with Crippen molar-refractivity contribution in [1.82, 2.24) is 10.2 Å². The number of hydrogen-bond acceptors (Lipinski definition) is 2. The minimum atomic E-state index is 0.543. The van der Waals surface area contributed by atoms with Crippen LogP contribution >= 0.6 is 0 Å². The molecule has 0 radical (unpaired) electrons. The largest absolute Gasteiger partial charge is 0.314 e. The summed E-state index contributed by atoms with van der Waals surface area (Å²) in [6.45, 7) is 8.62. The molecule has 1 N–H and O–H groups in total. The molecular weight excluding hydrogens is 232 g/mol. The summed E-state index contributed by atoms with van der Waals surface area (Å²) in [5.74, 6) is 4.19. The van der Waals surface area contributed by atoms with E-state index in [-0.39, 0.29) is 0 Å². The molecule has 0 aromatic heterocycles. The first-order chi connectivity index (χ1) is 9.24. The molecule has 5 rings (SSSR count). The minimum absolute atomic E-state index is 0.543. The zero-order valence-corrected chi connectivity index (χ0v) is 12.7. The Labute approximate surface area is 118 Å². The van der Waals surface area contributed by atoms with Crippen molar-refractivity contribution in [3.8, 4) is 0 Å². The Bertz CT molecular complexity index is 323. The fraction of sp³-hybridized carbons (Fsp3) is 1.00. The van der Waals surface area contributed by atoms with Gasteiger partial charge in [-0.1, -0.05) is 6.92 Å². The summed E-state index contributed by atoms with van der Waals surface area (Å²) in [6, 6.07) is 0.777. The Morgan fingerprint density at radius 1 is 1.11 bits per heavy atom. The van der Waals surface area contributed by atoms with E-state index in [0.29, 0.717) is 5.54 Å². The maximum atomic E-state index is 3.77. The first kappa shape index (κ1) is 12.6. The van der Waals surface area contributed by atoms with Crippen LogP contribution in [0.15, 0.2) is 0 Å². The molecule has 2 nitrogen and oxygen atoms in total. The van der Waals surface area contributed by atoms with Crippen LogP contribution in [0.5, 0.6) is 0 Å². The zero-order valence-electron chi connectivity index (χ0n) is 12.7. The molecule has 4 bridgehead atoms. The van der Waals surface area contributed by atoms with Crippen LogP contribution in [-0.4, -0.2) is 36.1 Å². The second kappa shape index (κ2) is 4.46. The molecular formula is C17H30N2. The summed E-state index contributed by atoms with van der Waals surface area (Å²) in [4.78, 5) is 2.95. The number of hydrogen-bond donors (Lipinski definition) is 1. The molecule has 108 valence electrons. The van der Waals surface area contributed by atoms with Crippen molar-refractivity contribution in [1.29, 1.82) is 0 Å². The fourth-order valence-electron chi connectivity index (χ4n) is 6.41. The normalized spacial score (nSPS) is 50.8. The van der Waals surface area contributed by atoms with Gasteiger partial charge in [0.15, 0.2) is 0 Å². The van der Waals surface area contributed by atoms with Gasteiger partial charge in [-0.3, -0.25) is 4.90 Å². The molecule has 1 aliphatic heterocycles. The summed E-state index contributed by atoms with van der Waals surface area (Å²) in [5.41, 5.74) is 0.543. The highest BCUT2D eigenvalue weighted by Crippen LogP contribution is 2.60. The average molecular weight is 262 g/mol. The predicted octanol–water partition coefficient (Wildman–Crippen LogP) is 2.89. The number of rotatable bonds is 2. The van der Waals surface area contributed by atoms with E-state index in [0.717, 1.165) is 29.7 Å². The topological polar surface area (TPSA) is 15.3 Å². The van der Waals surface area contributed by atoms with Gasteiger partial charge in [-0.25, -0.2) is 0 Å². The third-order valence-corrected chi connectivity index (χ3v) is 7.15. The molecule has 4 aliphatic carbocycles. The molecule has 5 aliphatic rings. The summed E-state index contributed by atoms with van der Waals surface area (Å²) in [5, 5.41) is 3.77. The van der Waals surface area contributed by atoms with Crippen LogP contribution in [0.2, 0.25) is 0 Å². The van der Waals surface area contributed by atoms with Crippen molar-refractivity contribution in [2.24, 2.45) is 23.7 Å². The van der Waals surface area contributed by atoms with E-state index in [1.165, 1.54) is 26.1 Å². The van der Waals surface area contributed by atoms with Gasteiger partial charge in [0.25, 0.3) is 0 Å². The van der Waals surface area contributed by atoms with Crippen molar-refractivity contribution < 1.29 is 0 Å². The highest BCUT2D eigenvalue weighted by atomic mass is 15.3. The van der Waals surface area contributed by atoms with E-state index in [2.05, 4.69) is 24.1 Å². The van der Waals surface area contributed by atoms with E-state index in [9.17, 15) is 0 Å². The van der Waals surface area contributed by atoms with Gasteiger partial charge in [0.2, 0.25) is 0 Å². The van der Waals surface area contributed by atoms with Crippen LogP contribution in [0, 0.1) is 23.7 Å². The molecule has 19 heavy (non-hydrogen) atoms. The highest BCUT2D eigenvalue weighted by Gasteiger charge is 2.60. The van der Waals surface area contributed by atoms with Crippen molar-refractivity contribution in [2.75, 3.05) is 19.6 Å². The van der Waals surface area contributed by atoms with E-state index < -0.39 is 0 Å². The molecule has 1 unspecified atom stereocenters. The molecule has 1 atom stereocenters. The highest BCUT2D eigenvalue weighted by molar-refractivity contribution is 5.14. The first-order valence-corrected chi connectivity index (χ1v) is 8.71. The standard InChI is InChI=1S/C17H30N2/c1-3-12(2)19-5-4-18-11-17(19)15-7-13-6-14(9-15)10-16(17)8-13/h12-16,18H,3-11H2,1-2H3. The predicted molar refractivity (Wildman–Crippen MR) is 79.1 cm³/mol. The van der Waals surface area contributed by atoms with Crippen LogP contribution in [0.1, 0.15) is 52.4 Å². The molecule has 5 fully saturated rings. The van der Waals surface area contributed by atoms with Gasteiger partial charge in [0.05, 0.1) is 0 Å². The van der Waals surface area contributed by atoms with Crippen LogP contribution in [-0.2, 0) is 0 Å². The lowest BCUT2D eigenvalue weighted by molar-refractivity contribution is -0.155. The van der Waals surface area contributed by atoms with Gasteiger partial charge in [-0.2, -0.15) is 0 Å². The summed E-state index contributed by atoms with van der Waals surface area (Å²) in [7, 11) is 0. The SMILES string of the molecule is CCC(C)N1CCNCC12C1CC3CC(C1)CC2C3.